The molecule has 0 amide bonds. The van der Waals surface area contributed by atoms with Gasteiger partial charge in [0, 0.05) is 31.7 Å². The molecule has 1 heterocycles. The lowest BCUT2D eigenvalue weighted by Crippen LogP contribution is -2.35. The van der Waals surface area contributed by atoms with Crippen LogP contribution < -0.4 is 10.9 Å². The van der Waals surface area contributed by atoms with Crippen molar-refractivity contribution in [2.24, 2.45) is 0 Å². The quantitative estimate of drug-likeness (QED) is 0.692. The minimum Gasteiger partial charge on any atom is -0.382 e. The van der Waals surface area contributed by atoms with E-state index >= 15 is 0 Å². The summed E-state index contributed by atoms with van der Waals surface area (Å²) in [5, 5.41) is 3.31. The molecule has 1 aromatic heterocycles. The fourth-order valence-corrected chi connectivity index (χ4v) is 1.54. The van der Waals surface area contributed by atoms with Gasteiger partial charge in [-0.3, -0.25) is 4.79 Å². The minimum absolute atomic E-state index is 0.00624. The molecule has 0 saturated heterocycles. The second-order valence-corrected chi connectivity index (χ2v) is 5.64. The van der Waals surface area contributed by atoms with Crippen molar-refractivity contribution in [2.45, 2.75) is 39.3 Å². The van der Waals surface area contributed by atoms with Crippen molar-refractivity contribution in [3.05, 3.63) is 27.9 Å². The van der Waals surface area contributed by atoms with Gasteiger partial charge < -0.3 is 19.8 Å². The topological polar surface area (TPSA) is 76.2 Å². The van der Waals surface area contributed by atoms with Gasteiger partial charge in [0.2, 0.25) is 0 Å². The number of nitrogens with one attached hydrogen (secondary N) is 2. The van der Waals surface area contributed by atoms with E-state index < -0.39 is 0 Å². The molecule has 0 aromatic carbocycles. The number of aromatic amines is 1. The number of hydrogen-bond acceptors (Lipinski definition) is 5. The van der Waals surface area contributed by atoms with Gasteiger partial charge in [0.25, 0.3) is 5.56 Å². The Morgan fingerprint density at radius 3 is 2.70 bits per heavy atom. The number of rotatable bonds is 8. The summed E-state index contributed by atoms with van der Waals surface area (Å²) in [4.78, 5) is 18.7. The summed E-state index contributed by atoms with van der Waals surface area (Å²) in [6.45, 7) is 8.43. The van der Waals surface area contributed by atoms with Gasteiger partial charge in [0.05, 0.1) is 25.5 Å². The molecule has 0 aliphatic rings. The zero-order valence-electron chi connectivity index (χ0n) is 12.8. The first kappa shape index (κ1) is 16.8. The average Bonchev–Trinajstić information content (AvgIpc) is 2.35. The Bertz CT molecular complexity index is 452. The molecule has 0 fully saturated rings. The highest BCUT2D eigenvalue weighted by molar-refractivity contribution is 5.03. The van der Waals surface area contributed by atoms with Crippen LogP contribution in [0.4, 0.5) is 0 Å². The maximum Gasteiger partial charge on any atom is 0.251 e. The lowest BCUT2D eigenvalue weighted by molar-refractivity contribution is 0.0716. The number of hydrogen-bond donors (Lipinski definition) is 2. The number of nitrogens with zero attached hydrogens (tertiary/aromatic N) is 1. The zero-order valence-corrected chi connectivity index (χ0v) is 12.8. The summed E-state index contributed by atoms with van der Waals surface area (Å²) in [5.41, 5.74) is 0.612. The van der Waals surface area contributed by atoms with Crippen LogP contribution in [-0.4, -0.2) is 42.4 Å². The van der Waals surface area contributed by atoms with E-state index in [-0.39, 0.29) is 11.1 Å². The third-order valence-electron chi connectivity index (χ3n) is 2.56. The molecule has 114 valence electrons. The van der Waals surface area contributed by atoms with Crippen LogP contribution in [0.25, 0.3) is 0 Å². The molecule has 0 atom stereocenters. The summed E-state index contributed by atoms with van der Waals surface area (Å²) >= 11 is 0. The summed E-state index contributed by atoms with van der Waals surface area (Å²) in [6, 6.07) is 1.52. The van der Waals surface area contributed by atoms with E-state index in [4.69, 9.17) is 9.47 Å². The molecule has 0 radical (unpaired) electrons. The fraction of sp³-hybridized carbons (Fsp3) is 0.714. The molecule has 0 spiro atoms. The summed E-state index contributed by atoms with van der Waals surface area (Å²) in [5.74, 6) is 0.653. The Morgan fingerprint density at radius 2 is 2.05 bits per heavy atom. The molecule has 6 nitrogen and oxygen atoms in total. The molecule has 1 rings (SSSR count). The van der Waals surface area contributed by atoms with Crippen molar-refractivity contribution in [2.75, 3.05) is 26.9 Å². The highest BCUT2D eigenvalue weighted by Gasteiger charge is 2.09. The third kappa shape index (κ3) is 7.37. The van der Waals surface area contributed by atoms with E-state index in [1.807, 2.05) is 0 Å². The van der Waals surface area contributed by atoms with Crippen LogP contribution in [0.15, 0.2) is 10.9 Å². The molecule has 6 heteroatoms. The van der Waals surface area contributed by atoms with Crippen LogP contribution in [0.2, 0.25) is 0 Å². The van der Waals surface area contributed by atoms with Gasteiger partial charge in [-0.05, 0) is 20.8 Å². The van der Waals surface area contributed by atoms with E-state index in [1.165, 1.54) is 6.07 Å². The van der Waals surface area contributed by atoms with Gasteiger partial charge in [-0.15, -0.1) is 0 Å². The Labute approximate surface area is 119 Å². The van der Waals surface area contributed by atoms with Crippen molar-refractivity contribution in [3.63, 3.8) is 0 Å². The number of aromatic nitrogens is 2. The van der Waals surface area contributed by atoms with Crippen LogP contribution in [0.1, 0.15) is 32.3 Å². The first-order valence-corrected chi connectivity index (χ1v) is 6.81. The van der Waals surface area contributed by atoms with Gasteiger partial charge in [-0.1, -0.05) is 0 Å². The van der Waals surface area contributed by atoms with Crippen LogP contribution in [0.3, 0.4) is 0 Å². The second-order valence-electron chi connectivity index (χ2n) is 5.64. The first-order chi connectivity index (χ1) is 9.40. The van der Waals surface area contributed by atoms with E-state index in [0.717, 1.165) is 5.69 Å². The largest absolute Gasteiger partial charge is 0.382 e. The number of H-pyrrole nitrogens is 1. The van der Waals surface area contributed by atoms with Gasteiger partial charge in [-0.2, -0.15) is 0 Å². The van der Waals surface area contributed by atoms with Crippen molar-refractivity contribution >= 4 is 0 Å². The van der Waals surface area contributed by atoms with E-state index in [1.54, 1.807) is 7.11 Å². The molecule has 1 aromatic rings. The highest BCUT2D eigenvalue weighted by Crippen LogP contribution is 2.01. The van der Waals surface area contributed by atoms with Gasteiger partial charge in [0.1, 0.15) is 5.82 Å². The fourth-order valence-electron chi connectivity index (χ4n) is 1.54. The van der Waals surface area contributed by atoms with Crippen LogP contribution in [0, 0.1) is 0 Å². The van der Waals surface area contributed by atoms with Crippen LogP contribution in [0.5, 0.6) is 0 Å². The molecule has 20 heavy (non-hydrogen) atoms. The SMILES string of the molecule is COCCOCCc1nc(CNC(C)(C)C)cc(=O)[nH]1. The standard InChI is InChI=1S/C14H25N3O3/c1-14(2,3)15-10-11-9-13(18)17-12(16-11)5-6-20-8-7-19-4/h9,15H,5-8,10H2,1-4H3,(H,16,17,18). The van der Waals surface area contributed by atoms with E-state index in [0.29, 0.717) is 38.6 Å². The van der Waals surface area contributed by atoms with E-state index in [2.05, 4.69) is 36.1 Å². The molecule has 2 N–H and O–H groups in total. The molecule has 0 aliphatic carbocycles. The molecule has 0 aliphatic heterocycles. The molecule has 0 bridgehead atoms. The summed E-state index contributed by atoms with van der Waals surface area (Å²) in [6.07, 6.45) is 0.586. The summed E-state index contributed by atoms with van der Waals surface area (Å²) < 4.78 is 10.3. The maximum absolute atomic E-state index is 11.6. The minimum atomic E-state index is -0.127. The number of ether oxygens (including phenoxy) is 2. The Balaban J connectivity index is 2.51. The van der Waals surface area contributed by atoms with Crippen LogP contribution >= 0.6 is 0 Å². The first-order valence-electron chi connectivity index (χ1n) is 6.81. The monoisotopic (exact) mass is 283 g/mol. The smallest absolute Gasteiger partial charge is 0.251 e. The van der Waals surface area contributed by atoms with Gasteiger partial charge in [0.15, 0.2) is 0 Å². The second kappa shape index (κ2) is 8.14. The Hall–Kier alpha value is -1.24. The van der Waals surface area contributed by atoms with Crippen molar-refractivity contribution in [3.8, 4) is 0 Å². The number of methoxy groups -OCH3 is 1. The van der Waals surface area contributed by atoms with Gasteiger partial charge >= 0.3 is 0 Å². The molecular weight excluding hydrogens is 258 g/mol. The van der Waals surface area contributed by atoms with Crippen molar-refractivity contribution in [1.29, 1.82) is 0 Å². The lowest BCUT2D eigenvalue weighted by atomic mass is 10.1. The van der Waals surface area contributed by atoms with Crippen LogP contribution in [-0.2, 0) is 22.4 Å². The van der Waals surface area contributed by atoms with E-state index in [9.17, 15) is 4.79 Å². The molecular formula is C14H25N3O3. The lowest BCUT2D eigenvalue weighted by Gasteiger charge is -2.20. The third-order valence-corrected chi connectivity index (χ3v) is 2.56. The van der Waals surface area contributed by atoms with Crippen molar-refractivity contribution < 1.29 is 9.47 Å². The average molecular weight is 283 g/mol. The Kier molecular flexibility index (Phi) is 6.84. The molecule has 0 unspecified atom stereocenters. The highest BCUT2D eigenvalue weighted by atomic mass is 16.5. The maximum atomic E-state index is 11.6. The predicted octanol–water partition coefficient (Wildman–Crippen LogP) is 0.864. The zero-order chi connectivity index (χ0) is 15.0. The van der Waals surface area contributed by atoms with Crippen molar-refractivity contribution in [1.82, 2.24) is 15.3 Å². The molecule has 0 saturated carbocycles. The normalized spacial score (nSPS) is 11.8. The summed E-state index contributed by atoms with van der Waals surface area (Å²) in [7, 11) is 1.63. The van der Waals surface area contributed by atoms with Gasteiger partial charge in [-0.25, -0.2) is 4.98 Å². The predicted molar refractivity (Wildman–Crippen MR) is 77.8 cm³/mol. The Morgan fingerprint density at radius 1 is 1.30 bits per heavy atom.